The molecule has 0 fully saturated rings. The predicted molar refractivity (Wildman–Crippen MR) is 73.0 cm³/mol. The first-order chi connectivity index (χ1) is 9.67. The van der Waals surface area contributed by atoms with E-state index in [1.54, 1.807) is 6.08 Å². The Morgan fingerprint density at radius 3 is 2.50 bits per heavy atom. The molecule has 0 amide bonds. The maximum atomic E-state index is 11.3. The minimum atomic E-state index is -1.04. The molecule has 0 aliphatic rings. The van der Waals surface area contributed by atoms with Gasteiger partial charge in [0.25, 0.3) is 0 Å². The first kappa shape index (κ1) is 17.8. The van der Waals surface area contributed by atoms with Crippen LogP contribution in [0.5, 0.6) is 0 Å². The highest BCUT2D eigenvalue weighted by Gasteiger charge is 2.32. The van der Waals surface area contributed by atoms with Crippen LogP contribution >= 0.6 is 0 Å². The lowest BCUT2D eigenvalue weighted by molar-refractivity contribution is -0.147. The highest BCUT2D eigenvalue weighted by Crippen LogP contribution is 1.98. The van der Waals surface area contributed by atoms with Gasteiger partial charge in [-0.05, 0) is 25.0 Å². The van der Waals surface area contributed by atoms with E-state index in [0.717, 1.165) is 20.0 Å². The number of carbonyl (C=O) groups excluding carboxylic acids is 2. The van der Waals surface area contributed by atoms with E-state index < -0.39 is 17.7 Å². The average molecular weight is 280 g/mol. The molecule has 0 N–H and O–H groups in total. The number of nitrogens with zero attached hydrogens (tertiary/aromatic N) is 2. The smallest absolute Gasteiger partial charge is 0.460 e. The number of methoxy groups -OCH3 is 1. The molecule has 0 heterocycles. The van der Waals surface area contributed by atoms with Gasteiger partial charge in [-0.1, -0.05) is 19.8 Å². The second kappa shape index (κ2) is 11.9. The maximum absolute atomic E-state index is 11.3. The van der Waals surface area contributed by atoms with Gasteiger partial charge in [0, 0.05) is 6.42 Å². The molecule has 20 heavy (non-hydrogen) atoms. The van der Waals surface area contributed by atoms with Crippen LogP contribution in [-0.2, 0) is 19.1 Å². The molecule has 0 aromatic carbocycles. The Bertz CT molecular complexity index is 430. The molecule has 0 saturated carbocycles. The van der Waals surface area contributed by atoms with Crippen molar-refractivity contribution in [2.24, 2.45) is 0 Å². The monoisotopic (exact) mass is 280 g/mol. The van der Waals surface area contributed by atoms with Crippen molar-refractivity contribution in [2.75, 3.05) is 13.7 Å². The minimum Gasteiger partial charge on any atom is -0.460 e. The molecule has 6 heteroatoms. The largest absolute Gasteiger partial charge is 0.482 e. The number of unbranched alkanes of at least 4 members (excludes halogenated alkanes) is 3. The van der Waals surface area contributed by atoms with E-state index in [-0.39, 0.29) is 6.61 Å². The fourth-order valence-electron chi connectivity index (χ4n) is 1.29. The average Bonchev–Trinajstić information content (AvgIpc) is 2.46. The molecule has 0 spiro atoms. The molecule has 0 bridgehead atoms. The second-order valence-electron chi connectivity index (χ2n) is 3.94. The van der Waals surface area contributed by atoms with Gasteiger partial charge in [0.2, 0.25) is 0 Å². The fraction of sp³-hybridized carbons (Fsp3) is 0.571. The van der Waals surface area contributed by atoms with Crippen molar-refractivity contribution in [3.8, 4) is 0 Å². The normalized spacial score (nSPS) is 8.90. The molecule has 0 aromatic rings. The Balaban J connectivity index is 3.95. The summed E-state index contributed by atoms with van der Waals surface area (Å²) in [6.45, 7) is 2.22. The lowest BCUT2D eigenvalue weighted by atomic mass is 10.2. The summed E-state index contributed by atoms with van der Waals surface area (Å²) in [5, 5.41) is 0. The van der Waals surface area contributed by atoms with Gasteiger partial charge in [0.1, 0.15) is 0 Å². The fourth-order valence-corrected chi connectivity index (χ4v) is 1.29. The summed E-state index contributed by atoms with van der Waals surface area (Å²) in [5.74, 6) is -2.05. The molecular weight excluding hydrogens is 260 g/mol. The third kappa shape index (κ3) is 8.03. The lowest BCUT2D eigenvalue weighted by Crippen LogP contribution is -2.28. The Morgan fingerprint density at radius 2 is 1.90 bits per heavy atom. The van der Waals surface area contributed by atoms with Crippen LogP contribution in [0.1, 0.15) is 39.0 Å². The van der Waals surface area contributed by atoms with E-state index >= 15 is 0 Å². The summed E-state index contributed by atoms with van der Waals surface area (Å²) in [4.78, 5) is 24.9. The molecule has 110 valence electrons. The summed E-state index contributed by atoms with van der Waals surface area (Å²) in [7, 11) is 1.08. The van der Waals surface area contributed by atoms with Crippen LogP contribution in [0.4, 0.5) is 0 Å². The van der Waals surface area contributed by atoms with E-state index in [4.69, 9.17) is 10.3 Å². The third-order valence-corrected chi connectivity index (χ3v) is 2.36. The van der Waals surface area contributed by atoms with Gasteiger partial charge in [-0.2, -0.15) is 4.79 Å². The van der Waals surface area contributed by atoms with E-state index in [0.29, 0.717) is 6.42 Å². The van der Waals surface area contributed by atoms with Gasteiger partial charge in [-0.15, -0.1) is 5.73 Å². The summed E-state index contributed by atoms with van der Waals surface area (Å²) < 4.78 is 9.01. The molecular formula is C14H20N2O4. The lowest BCUT2D eigenvalue weighted by Gasteiger charge is -1.97. The Labute approximate surface area is 118 Å². The Hall–Kier alpha value is -2.16. The van der Waals surface area contributed by atoms with Crippen molar-refractivity contribution in [1.29, 1.82) is 0 Å². The van der Waals surface area contributed by atoms with Crippen LogP contribution in [0, 0.1) is 0 Å². The second-order valence-corrected chi connectivity index (χ2v) is 3.94. The Kier molecular flexibility index (Phi) is 10.6. The molecule has 0 radical (unpaired) electrons. The highest BCUT2D eigenvalue weighted by atomic mass is 16.5. The highest BCUT2D eigenvalue weighted by molar-refractivity contribution is 6.60. The molecule has 0 rings (SSSR count). The number of carbonyl (C=O) groups is 2. The van der Waals surface area contributed by atoms with Crippen LogP contribution in [0.25, 0.3) is 5.53 Å². The zero-order chi connectivity index (χ0) is 15.2. The third-order valence-electron chi connectivity index (χ3n) is 2.36. The van der Waals surface area contributed by atoms with Crippen molar-refractivity contribution in [2.45, 2.75) is 39.0 Å². The molecule has 0 aliphatic carbocycles. The van der Waals surface area contributed by atoms with Crippen molar-refractivity contribution in [3.05, 3.63) is 23.4 Å². The molecule has 0 aromatic heterocycles. The van der Waals surface area contributed by atoms with Crippen LogP contribution < -0.4 is 0 Å². The summed E-state index contributed by atoms with van der Waals surface area (Å²) in [6, 6.07) is 0. The summed E-state index contributed by atoms with van der Waals surface area (Å²) in [5.41, 5.74) is 10.7. The number of esters is 2. The molecule has 0 aliphatic heterocycles. The van der Waals surface area contributed by atoms with Gasteiger partial charge in [-0.25, -0.2) is 9.59 Å². The maximum Gasteiger partial charge on any atom is 0.482 e. The summed E-state index contributed by atoms with van der Waals surface area (Å²) >= 11 is 0. The van der Waals surface area contributed by atoms with Crippen LogP contribution in [-0.4, -0.2) is 36.2 Å². The van der Waals surface area contributed by atoms with E-state index in [1.165, 1.54) is 12.8 Å². The standard InChI is InChI=1S/C14H20N2O4/c1-3-4-5-6-7-8-9-10-11-20-14(18)12(16-15)13(17)19-2/h7,9H,3-6,10-11H2,1-2H3. The molecule has 0 unspecified atom stereocenters. The van der Waals surface area contributed by atoms with E-state index in [1.807, 2.05) is 6.08 Å². The van der Waals surface area contributed by atoms with E-state index in [2.05, 4.69) is 22.2 Å². The topological polar surface area (TPSA) is 89.0 Å². The quantitative estimate of drug-likeness (QED) is 0.123. The first-order valence-corrected chi connectivity index (χ1v) is 6.54. The van der Waals surface area contributed by atoms with Gasteiger partial charge in [0.05, 0.1) is 13.7 Å². The number of hydrogen-bond acceptors (Lipinski definition) is 4. The van der Waals surface area contributed by atoms with Crippen molar-refractivity contribution < 1.29 is 23.9 Å². The van der Waals surface area contributed by atoms with Gasteiger partial charge >= 0.3 is 17.7 Å². The first-order valence-electron chi connectivity index (χ1n) is 6.54. The van der Waals surface area contributed by atoms with Gasteiger partial charge in [-0.3, -0.25) is 0 Å². The zero-order valence-corrected chi connectivity index (χ0v) is 11.9. The van der Waals surface area contributed by atoms with Crippen LogP contribution in [0.3, 0.4) is 0 Å². The SMILES string of the molecule is CCCCCC=C=CCCOC(=O)C(=[N+]=[N-])C(=O)OC. The van der Waals surface area contributed by atoms with Crippen molar-refractivity contribution >= 4 is 17.7 Å². The number of hydrogen-bond donors (Lipinski definition) is 0. The van der Waals surface area contributed by atoms with Crippen LogP contribution in [0.2, 0.25) is 0 Å². The predicted octanol–water partition coefficient (Wildman–Crippen LogP) is 2.06. The molecule has 0 saturated heterocycles. The van der Waals surface area contributed by atoms with Crippen LogP contribution in [0.15, 0.2) is 17.9 Å². The minimum absolute atomic E-state index is 0.0741. The molecule has 0 atom stereocenters. The zero-order valence-electron chi connectivity index (χ0n) is 11.9. The van der Waals surface area contributed by atoms with Gasteiger partial charge in [0.15, 0.2) is 0 Å². The number of ether oxygens (including phenoxy) is 2. The van der Waals surface area contributed by atoms with E-state index in [9.17, 15) is 9.59 Å². The van der Waals surface area contributed by atoms with Crippen molar-refractivity contribution in [3.63, 3.8) is 0 Å². The molecule has 6 nitrogen and oxygen atoms in total. The Morgan fingerprint density at radius 1 is 1.20 bits per heavy atom. The van der Waals surface area contributed by atoms with Crippen molar-refractivity contribution in [1.82, 2.24) is 0 Å². The number of rotatable bonds is 9. The van der Waals surface area contributed by atoms with Gasteiger partial charge < -0.3 is 15.0 Å². The summed E-state index contributed by atoms with van der Waals surface area (Å²) in [6.07, 6.45) is 8.65.